The molecule has 3 aromatic rings. The van der Waals surface area contributed by atoms with Gasteiger partial charge in [0, 0.05) is 16.7 Å². The SMILES string of the molecule is C#Cc1cc(-c2nc(-c3ccc(C(=O)O)c(F)c3)no2)ccc1/C(=C/C=C\C)C(=C)C. The second-order valence-corrected chi connectivity index (χ2v) is 6.71. The van der Waals surface area contributed by atoms with E-state index in [4.69, 9.17) is 16.1 Å². The fourth-order valence-electron chi connectivity index (χ4n) is 2.97. The summed E-state index contributed by atoms with van der Waals surface area (Å²) < 4.78 is 19.3. The molecule has 0 aliphatic carbocycles. The molecule has 0 saturated heterocycles. The van der Waals surface area contributed by atoms with Crippen LogP contribution < -0.4 is 0 Å². The third-order valence-corrected chi connectivity index (χ3v) is 4.51. The molecule has 0 radical (unpaired) electrons. The smallest absolute Gasteiger partial charge is 0.338 e. The van der Waals surface area contributed by atoms with Crippen molar-refractivity contribution in [2.45, 2.75) is 13.8 Å². The quantitative estimate of drug-likeness (QED) is 0.410. The van der Waals surface area contributed by atoms with E-state index in [1.807, 2.05) is 38.1 Å². The Morgan fingerprint density at radius 1 is 1.23 bits per heavy atom. The summed E-state index contributed by atoms with van der Waals surface area (Å²) in [6, 6.07) is 9.05. The lowest BCUT2D eigenvalue weighted by Gasteiger charge is -2.10. The van der Waals surface area contributed by atoms with E-state index in [9.17, 15) is 9.18 Å². The van der Waals surface area contributed by atoms with Crippen LogP contribution in [-0.2, 0) is 0 Å². The minimum absolute atomic E-state index is 0.132. The summed E-state index contributed by atoms with van der Waals surface area (Å²) in [5, 5.41) is 12.8. The molecule has 0 bridgehead atoms. The third-order valence-electron chi connectivity index (χ3n) is 4.51. The van der Waals surface area contributed by atoms with Gasteiger partial charge in [0.2, 0.25) is 5.82 Å². The van der Waals surface area contributed by atoms with Crippen LogP contribution in [0.2, 0.25) is 0 Å². The predicted octanol–water partition coefficient (Wildman–Crippen LogP) is 5.76. The Hall–Kier alpha value is -4.24. The molecule has 0 atom stereocenters. The number of carbonyl (C=O) groups is 1. The lowest BCUT2D eigenvalue weighted by Crippen LogP contribution is -2.00. The van der Waals surface area contributed by atoms with Gasteiger partial charge in [0.25, 0.3) is 5.89 Å². The molecule has 5 nitrogen and oxygen atoms in total. The van der Waals surface area contributed by atoms with E-state index in [0.717, 1.165) is 28.8 Å². The number of rotatable bonds is 6. The van der Waals surface area contributed by atoms with Crippen LogP contribution in [0.1, 0.15) is 35.3 Å². The Bertz CT molecular complexity index is 1280. The number of nitrogens with zero attached hydrogens (tertiary/aromatic N) is 2. The van der Waals surface area contributed by atoms with Crippen LogP contribution >= 0.6 is 0 Å². The first kappa shape index (κ1) is 21.5. The van der Waals surface area contributed by atoms with Crippen molar-refractivity contribution >= 4 is 11.5 Å². The van der Waals surface area contributed by atoms with Crippen molar-refractivity contribution in [3.8, 4) is 35.2 Å². The Morgan fingerprint density at radius 2 is 1.94 bits per heavy atom. The maximum absolute atomic E-state index is 14.0. The van der Waals surface area contributed by atoms with Gasteiger partial charge in [-0.15, -0.1) is 6.42 Å². The lowest BCUT2D eigenvalue weighted by atomic mass is 9.93. The van der Waals surface area contributed by atoms with Gasteiger partial charge in [-0.2, -0.15) is 4.98 Å². The molecule has 2 aromatic carbocycles. The molecular weight excluding hydrogens is 395 g/mol. The minimum Gasteiger partial charge on any atom is -0.478 e. The molecule has 3 rings (SSSR count). The van der Waals surface area contributed by atoms with E-state index in [1.165, 1.54) is 6.07 Å². The topological polar surface area (TPSA) is 76.2 Å². The second-order valence-electron chi connectivity index (χ2n) is 6.71. The van der Waals surface area contributed by atoms with E-state index >= 15 is 0 Å². The summed E-state index contributed by atoms with van der Waals surface area (Å²) in [7, 11) is 0. The van der Waals surface area contributed by atoms with Crippen molar-refractivity contribution in [2.24, 2.45) is 0 Å². The van der Waals surface area contributed by atoms with Gasteiger partial charge in [0.1, 0.15) is 5.82 Å². The van der Waals surface area contributed by atoms with E-state index in [1.54, 1.807) is 12.1 Å². The number of carboxylic acid groups (broad SMARTS) is 1. The molecule has 1 heterocycles. The molecule has 0 aliphatic heterocycles. The zero-order chi connectivity index (χ0) is 22.5. The zero-order valence-electron chi connectivity index (χ0n) is 17.0. The first-order chi connectivity index (χ1) is 14.8. The number of allylic oxidation sites excluding steroid dienone is 5. The summed E-state index contributed by atoms with van der Waals surface area (Å²) in [6.07, 6.45) is 11.5. The number of aromatic carboxylic acids is 1. The molecule has 0 unspecified atom stereocenters. The van der Waals surface area contributed by atoms with Crippen molar-refractivity contribution in [1.29, 1.82) is 0 Å². The Labute approximate surface area is 179 Å². The largest absolute Gasteiger partial charge is 0.478 e. The molecule has 0 spiro atoms. The van der Waals surface area contributed by atoms with Crippen LogP contribution in [0.15, 0.2) is 71.3 Å². The third kappa shape index (κ3) is 4.51. The summed E-state index contributed by atoms with van der Waals surface area (Å²) in [4.78, 5) is 15.3. The average molecular weight is 414 g/mol. The monoisotopic (exact) mass is 414 g/mol. The fourth-order valence-corrected chi connectivity index (χ4v) is 2.97. The summed E-state index contributed by atoms with van der Waals surface area (Å²) in [6.45, 7) is 7.85. The Kier molecular flexibility index (Phi) is 6.27. The number of halogens is 1. The summed E-state index contributed by atoms with van der Waals surface area (Å²) >= 11 is 0. The van der Waals surface area contributed by atoms with Crippen LogP contribution in [-0.4, -0.2) is 21.2 Å². The number of hydrogen-bond acceptors (Lipinski definition) is 4. The van der Waals surface area contributed by atoms with Gasteiger partial charge in [-0.25, -0.2) is 9.18 Å². The lowest BCUT2D eigenvalue weighted by molar-refractivity contribution is 0.0692. The van der Waals surface area contributed by atoms with Crippen molar-refractivity contribution in [2.75, 3.05) is 0 Å². The Balaban J connectivity index is 1.99. The van der Waals surface area contributed by atoms with Crippen LogP contribution in [0.5, 0.6) is 0 Å². The molecule has 0 saturated carbocycles. The van der Waals surface area contributed by atoms with E-state index in [0.29, 0.717) is 16.7 Å². The standard InChI is InChI=1S/C25H19FN2O3/c1-5-7-8-19(15(3)4)20-11-10-18(13-16(20)6-2)24-27-23(28-31-24)17-9-12-21(25(29)30)22(26)14-17/h2,5,7-14H,3H2,1,4H3,(H,29,30)/b7-5-,19-8+. The number of hydrogen-bond donors (Lipinski definition) is 1. The Morgan fingerprint density at radius 3 is 2.55 bits per heavy atom. The highest BCUT2D eigenvalue weighted by molar-refractivity contribution is 5.88. The maximum Gasteiger partial charge on any atom is 0.338 e. The van der Waals surface area contributed by atoms with Gasteiger partial charge in [-0.1, -0.05) is 47.5 Å². The fraction of sp³-hybridized carbons (Fsp3) is 0.0800. The van der Waals surface area contributed by atoms with Crippen molar-refractivity contribution in [3.63, 3.8) is 0 Å². The highest BCUT2D eigenvalue weighted by Gasteiger charge is 2.16. The van der Waals surface area contributed by atoms with Crippen LogP contribution in [0, 0.1) is 18.2 Å². The first-order valence-corrected chi connectivity index (χ1v) is 9.33. The molecular formula is C25H19FN2O3. The molecule has 6 heteroatoms. The predicted molar refractivity (Wildman–Crippen MR) is 118 cm³/mol. The summed E-state index contributed by atoms with van der Waals surface area (Å²) in [5.74, 6) is 0.786. The normalized spacial score (nSPS) is 11.5. The van der Waals surface area contributed by atoms with E-state index < -0.39 is 17.3 Å². The van der Waals surface area contributed by atoms with Crippen molar-refractivity contribution < 1.29 is 18.8 Å². The van der Waals surface area contributed by atoms with Crippen molar-refractivity contribution in [3.05, 3.63) is 89.3 Å². The second kappa shape index (κ2) is 9.06. The molecule has 0 amide bonds. The van der Waals surface area contributed by atoms with Gasteiger partial charge in [0.05, 0.1) is 5.56 Å². The van der Waals surface area contributed by atoms with Crippen LogP contribution in [0.4, 0.5) is 4.39 Å². The number of carboxylic acids is 1. The number of aromatic nitrogens is 2. The van der Waals surface area contributed by atoms with Gasteiger partial charge < -0.3 is 9.63 Å². The van der Waals surface area contributed by atoms with Crippen LogP contribution in [0.25, 0.3) is 28.4 Å². The van der Waals surface area contributed by atoms with Gasteiger partial charge >= 0.3 is 5.97 Å². The summed E-state index contributed by atoms with van der Waals surface area (Å²) in [5.41, 5.74) is 3.74. The minimum atomic E-state index is -1.35. The van der Waals surface area contributed by atoms with Crippen LogP contribution in [0.3, 0.4) is 0 Å². The first-order valence-electron chi connectivity index (χ1n) is 9.33. The van der Waals surface area contributed by atoms with Gasteiger partial charge in [0.15, 0.2) is 0 Å². The van der Waals surface area contributed by atoms with Gasteiger partial charge in [-0.05, 0) is 55.3 Å². The highest BCUT2D eigenvalue weighted by atomic mass is 19.1. The molecule has 1 N–H and O–H groups in total. The average Bonchev–Trinajstić information content (AvgIpc) is 3.24. The maximum atomic E-state index is 14.0. The molecule has 0 aliphatic rings. The van der Waals surface area contributed by atoms with E-state index in [-0.39, 0.29) is 11.7 Å². The number of benzene rings is 2. The van der Waals surface area contributed by atoms with Gasteiger partial charge in [-0.3, -0.25) is 0 Å². The molecule has 31 heavy (non-hydrogen) atoms. The molecule has 1 aromatic heterocycles. The molecule has 154 valence electrons. The van der Waals surface area contributed by atoms with Crippen molar-refractivity contribution in [1.82, 2.24) is 10.1 Å². The highest BCUT2D eigenvalue weighted by Crippen LogP contribution is 2.30. The zero-order valence-corrected chi connectivity index (χ0v) is 17.0. The molecule has 0 fully saturated rings. The number of terminal acetylenes is 1. The van der Waals surface area contributed by atoms with E-state index in [2.05, 4.69) is 22.6 Å².